The number of rotatable bonds is 17. The number of aryl methyl sites for hydroxylation is 1. The number of benzene rings is 2. The molecule has 0 spiro atoms. The quantitative estimate of drug-likeness (QED) is 0.155. The fourth-order valence-electron chi connectivity index (χ4n) is 3.89. The molecule has 0 radical (unpaired) electrons. The maximum absolute atomic E-state index is 13.1. The molecule has 0 atom stereocenters. The summed E-state index contributed by atoms with van der Waals surface area (Å²) in [6.45, 7) is 4.76. The second-order valence-electron chi connectivity index (χ2n) is 8.67. The summed E-state index contributed by atoms with van der Waals surface area (Å²) < 4.78 is 11.0. The van der Waals surface area contributed by atoms with Crippen LogP contribution < -0.4 is 4.74 Å². The molecule has 1 N–H and O–H groups in total. The summed E-state index contributed by atoms with van der Waals surface area (Å²) in [5.41, 5.74) is 1.80. The second-order valence-corrected chi connectivity index (χ2v) is 8.67. The van der Waals surface area contributed by atoms with Crippen LogP contribution in [0.25, 0.3) is 0 Å². The molecule has 0 saturated heterocycles. The first-order valence-corrected chi connectivity index (χ1v) is 12.8. The summed E-state index contributed by atoms with van der Waals surface area (Å²) in [7, 11) is 0. The van der Waals surface area contributed by atoms with Crippen LogP contribution in [0.1, 0.15) is 103 Å². The zero-order chi connectivity index (χ0) is 25.5. The Kier molecular flexibility index (Phi) is 12.6. The van der Waals surface area contributed by atoms with Crippen LogP contribution in [0.15, 0.2) is 42.5 Å². The average Bonchev–Trinajstić information content (AvgIpc) is 2.86. The molecular weight excluding hydrogens is 444 g/mol. The van der Waals surface area contributed by atoms with Gasteiger partial charge in [0.15, 0.2) is 5.78 Å². The van der Waals surface area contributed by atoms with Gasteiger partial charge >= 0.3 is 11.9 Å². The van der Waals surface area contributed by atoms with Gasteiger partial charge in [-0.05, 0) is 55.7 Å². The van der Waals surface area contributed by atoms with Crippen LogP contribution in [-0.2, 0) is 16.0 Å². The molecule has 2 aromatic carbocycles. The third-order valence-corrected chi connectivity index (χ3v) is 5.82. The molecule has 0 bridgehead atoms. The number of ether oxygens (including phenoxy) is 2. The first-order chi connectivity index (χ1) is 17.0. The van der Waals surface area contributed by atoms with Crippen LogP contribution in [0.2, 0.25) is 0 Å². The summed E-state index contributed by atoms with van der Waals surface area (Å²) >= 11 is 0. The lowest BCUT2D eigenvalue weighted by atomic mass is 9.98. The van der Waals surface area contributed by atoms with E-state index in [1.165, 1.54) is 44.6 Å². The third kappa shape index (κ3) is 9.93. The maximum atomic E-state index is 13.1. The van der Waals surface area contributed by atoms with Crippen LogP contribution >= 0.6 is 0 Å². The standard InChI is InChI=1S/C29H38O6/c1-3-5-6-7-8-9-10-11-19-35-26-17-15-24(20-22(26)16-18-27(30)31)28(32)23-13-12-14-25(21-23)29(33)34-4-2/h12-15,17,20-21H,3-11,16,18-19H2,1-2H3,(H,30,31). The van der Waals surface area contributed by atoms with Gasteiger partial charge in [-0.2, -0.15) is 0 Å². The largest absolute Gasteiger partial charge is 0.493 e. The number of hydrogen-bond acceptors (Lipinski definition) is 5. The molecule has 0 aliphatic rings. The van der Waals surface area contributed by atoms with Crippen molar-refractivity contribution in [2.75, 3.05) is 13.2 Å². The lowest BCUT2D eigenvalue weighted by Crippen LogP contribution is -2.09. The Bertz CT molecular complexity index is 965. The van der Waals surface area contributed by atoms with Crippen LogP contribution in [-0.4, -0.2) is 36.0 Å². The molecule has 0 amide bonds. The molecule has 35 heavy (non-hydrogen) atoms. The van der Waals surface area contributed by atoms with Gasteiger partial charge in [0.1, 0.15) is 5.75 Å². The van der Waals surface area contributed by atoms with Crippen molar-refractivity contribution < 1.29 is 29.0 Å². The Labute approximate surface area is 208 Å². The van der Waals surface area contributed by atoms with Gasteiger partial charge in [-0.1, -0.05) is 64.0 Å². The van der Waals surface area contributed by atoms with E-state index in [4.69, 9.17) is 14.6 Å². The van der Waals surface area contributed by atoms with Crippen molar-refractivity contribution in [3.8, 4) is 5.75 Å². The Morgan fingerprint density at radius 2 is 1.46 bits per heavy atom. The van der Waals surface area contributed by atoms with E-state index in [1.54, 1.807) is 43.3 Å². The van der Waals surface area contributed by atoms with E-state index >= 15 is 0 Å². The first-order valence-electron chi connectivity index (χ1n) is 12.8. The third-order valence-electron chi connectivity index (χ3n) is 5.82. The van der Waals surface area contributed by atoms with E-state index in [9.17, 15) is 14.4 Å². The first kappa shape index (κ1) is 28.1. The fraction of sp³-hybridized carbons (Fsp3) is 0.483. The molecule has 0 heterocycles. The van der Waals surface area contributed by atoms with Crippen LogP contribution in [0.4, 0.5) is 0 Å². The van der Waals surface area contributed by atoms with Crippen LogP contribution in [0.3, 0.4) is 0 Å². The second kappa shape index (κ2) is 15.7. The number of carbonyl (C=O) groups is 3. The number of hydrogen-bond donors (Lipinski definition) is 1. The highest BCUT2D eigenvalue weighted by Gasteiger charge is 2.16. The number of carbonyl (C=O) groups excluding carboxylic acids is 2. The monoisotopic (exact) mass is 482 g/mol. The molecule has 2 rings (SSSR count). The van der Waals surface area contributed by atoms with Gasteiger partial charge in [0.05, 0.1) is 18.8 Å². The lowest BCUT2D eigenvalue weighted by Gasteiger charge is -2.13. The molecule has 0 fully saturated rings. The van der Waals surface area contributed by atoms with Crippen molar-refractivity contribution in [1.82, 2.24) is 0 Å². The summed E-state index contributed by atoms with van der Waals surface area (Å²) in [5.74, 6) is -1.01. The average molecular weight is 483 g/mol. The highest BCUT2D eigenvalue weighted by Crippen LogP contribution is 2.24. The summed E-state index contributed by atoms with van der Waals surface area (Å²) in [5, 5.41) is 9.15. The van der Waals surface area contributed by atoms with Crippen molar-refractivity contribution in [2.45, 2.75) is 78.1 Å². The van der Waals surface area contributed by atoms with Crippen molar-refractivity contribution in [2.24, 2.45) is 0 Å². The van der Waals surface area contributed by atoms with Crippen molar-refractivity contribution in [3.05, 3.63) is 64.7 Å². The van der Waals surface area contributed by atoms with Gasteiger partial charge in [0, 0.05) is 17.5 Å². The van der Waals surface area contributed by atoms with Crippen molar-refractivity contribution in [3.63, 3.8) is 0 Å². The Balaban J connectivity index is 2.04. The van der Waals surface area contributed by atoms with Gasteiger partial charge in [-0.25, -0.2) is 4.79 Å². The maximum Gasteiger partial charge on any atom is 0.338 e. The minimum Gasteiger partial charge on any atom is -0.493 e. The molecule has 0 unspecified atom stereocenters. The number of carboxylic acids is 1. The predicted molar refractivity (Wildman–Crippen MR) is 136 cm³/mol. The van der Waals surface area contributed by atoms with Crippen molar-refractivity contribution >= 4 is 17.7 Å². The molecule has 2 aromatic rings. The molecule has 190 valence electrons. The van der Waals surface area contributed by atoms with Gasteiger partial charge in [-0.3, -0.25) is 9.59 Å². The minimum absolute atomic E-state index is 0.0515. The molecule has 0 aliphatic carbocycles. The minimum atomic E-state index is -0.905. The van der Waals surface area contributed by atoms with E-state index < -0.39 is 11.9 Å². The number of esters is 1. The van der Waals surface area contributed by atoms with Crippen LogP contribution in [0.5, 0.6) is 5.75 Å². The lowest BCUT2D eigenvalue weighted by molar-refractivity contribution is -0.136. The molecule has 0 saturated carbocycles. The molecule has 6 heteroatoms. The van der Waals surface area contributed by atoms with E-state index in [-0.39, 0.29) is 25.2 Å². The van der Waals surface area contributed by atoms with E-state index in [1.807, 2.05) is 0 Å². The number of carboxylic acid groups (broad SMARTS) is 1. The zero-order valence-electron chi connectivity index (χ0n) is 21.0. The molecular formula is C29H38O6. The Hall–Kier alpha value is -3.15. The van der Waals surface area contributed by atoms with Crippen molar-refractivity contribution in [1.29, 1.82) is 0 Å². The topological polar surface area (TPSA) is 89.9 Å². The highest BCUT2D eigenvalue weighted by atomic mass is 16.5. The summed E-state index contributed by atoms with van der Waals surface area (Å²) in [6, 6.07) is 11.5. The zero-order valence-corrected chi connectivity index (χ0v) is 21.0. The van der Waals surface area contributed by atoms with E-state index in [0.717, 1.165) is 12.8 Å². The van der Waals surface area contributed by atoms with Gasteiger partial charge < -0.3 is 14.6 Å². The molecule has 0 aromatic heterocycles. The summed E-state index contributed by atoms with van der Waals surface area (Å²) in [4.78, 5) is 36.3. The van der Waals surface area contributed by atoms with Gasteiger partial charge in [-0.15, -0.1) is 0 Å². The smallest absolute Gasteiger partial charge is 0.338 e. The number of unbranched alkanes of at least 4 members (excludes halogenated alkanes) is 7. The predicted octanol–water partition coefficient (Wildman–Crippen LogP) is 6.63. The number of ketones is 1. The summed E-state index contributed by atoms with van der Waals surface area (Å²) in [6.07, 6.45) is 9.84. The number of aliphatic carboxylic acids is 1. The molecule has 0 aliphatic heterocycles. The van der Waals surface area contributed by atoms with E-state index in [0.29, 0.717) is 34.6 Å². The fourth-order valence-corrected chi connectivity index (χ4v) is 3.89. The Morgan fingerprint density at radius 1 is 0.800 bits per heavy atom. The van der Waals surface area contributed by atoms with Gasteiger partial charge in [0.2, 0.25) is 0 Å². The molecule has 6 nitrogen and oxygen atoms in total. The Morgan fingerprint density at radius 3 is 2.14 bits per heavy atom. The van der Waals surface area contributed by atoms with E-state index in [2.05, 4.69) is 6.92 Å². The SMILES string of the molecule is CCCCCCCCCCOc1ccc(C(=O)c2cccc(C(=O)OCC)c2)cc1CCC(=O)O. The van der Waals surface area contributed by atoms with Gasteiger partial charge in [0.25, 0.3) is 0 Å². The normalized spacial score (nSPS) is 10.7. The highest BCUT2D eigenvalue weighted by molar-refractivity contribution is 6.10. The van der Waals surface area contributed by atoms with Crippen LogP contribution in [0, 0.1) is 0 Å².